The highest BCUT2D eigenvalue weighted by molar-refractivity contribution is 5.87. The van der Waals surface area contributed by atoms with Gasteiger partial charge in [0.15, 0.2) is 0 Å². The maximum Gasteiger partial charge on any atom is 0.323 e. The van der Waals surface area contributed by atoms with Crippen molar-refractivity contribution in [3.8, 4) is 23.0 Å². The molecule has 0 aliphatic rings. The van der Waals surface area contributed by atoms with E-state index in [0.29, 0.717) is 11.3 Å². The maximum absolute atomic E-state index is 13.4. The number of aliphatic carboxylic acids is 1. The molecule has 124 valence electrons. The van der Waals surface area contributed by atoms with Crippen LogP contribution in [0, 0.1) is 5.82 Å². The van der Waals surface area contributed by atoms with Crippen molar-refractivity contribution in [2.45, 2.75) is 6.54 Å². The van der Waals surface area contributed by atoms with Crippen molar-refractivity contribution < 1.29 is 18.8 Å². The lowest BCUT2D eigenvalue weighted by Crippen LogP contribution is -2.09. The first-order valence-corrected chi connectivity index (χ1v) is 7.52. The van der Waals surface area contributed by atoms with E-state index in [2.05, 4.69) is 10.1 Å². The van der Waals surface area contributed by atoms with Gasteiger partial charge in [0.1, 0.15) is 18.1 Å². The zero-order chi connectivity index (χ0) is 17.4. The molecule has 2 heterocycles. The summed E-state index contributed by atoms with van der Waals surface area (Å²) >= 11 is 0. The molecule has 0 saturated carbocycles. The third kappa shape index (κ3) is 2.76. The van der Waals surface area contributed by atoms with Crippen LogP contribution in [-0.4, -0.2) is 25.8 Å². The standard InChI is InChI=1S/C18H12FN3O3/c19-13-6-3-5-12(8-13)17-20-18(25-21-17)15-9-11-4-1-2-7-14(11)22(15)10-16(23)24/h1-9H,10H2,(H,23,24). The Morgan fingerprint density at radius 2 is 2.00 bits per heavy atom. The van der Waals surface area contributed by atoms with Crippen LogP contribution in [0.2, 0.25) is 0 Å². The quantitative estimate of drug-likeness (QED) is 0.615. The normalized spacial score (nSPS) is 11.1. The van der Waals surface area contributed by atoms with Crippen LogP contribution in [0.15, 0.2) is 59.1 Å². The minimum absolute atomic E-state index is 0.178. The van der Waals surface area contributed by atoms with Crippen LogP contribution in [0.4, 0.5) is 4.39 Å². The van der Waals surface area contributed by atoms with E-state index in [1.165, 1.54) is 12.1 Å². The van der Waals surface area contributed by atoms with Crippen LogP contribution in [0.25, 0.3) is 33.9 Å². The molecule has 4 rings (SSSR count). The van der Waals surface area contributed by atoms with Crippen molar-refractivity contribution in [3.63, 3.8) is 0 Å². The molecule has 0 spiro atoms. The molecule has 25 heavy (non-hydrogen) atoms. The Hall–Kier alpha value is -3.48. The molecule has 4 aromatic rings. The monoisotopic (exact) mass is 337 g/mol. The topological polar surface area (TPSA) is 81.1 Å². The minimum atomic E-state index is -0.979. The predicted octanol–water partition coefficient (Wildman–Crippen LogP) is 3.58. The first-order chi connectivity index (χ1) is 12.1. The molecule has 2 aromatic heterocycles. The van der Waals surface area contributed by atoms with E-state index in [1.807, 2.05) is 24.3 Å². The van der Waals surface area contributed by atoms with Crippen LogP contribution in [-0.2, 0) is 11.3 Å². The molecule has 6 nitrogen and oxygen atoms in total. The van der Waals surface area contributed by atoms with Gasteiger partial charge in [-0.05, 0) is 24.3 Å². The lowest BCUT2D eigenvalue weighted by molar-refractivity contribution is -0.137. The number of hydrogen-bond donors (Lipinski definition) is 1. The average molecular weight is 337 g/mol. The van der Waals surface area contributed by atoms with E-state index < -0.39 is 11.8 Å². The highest BCUT2D eigenvalue weighted by Crippen LogP contribution is 2.29. The number of halogens is 1. The zero-order valence-corrected chi connectivity index (χ0v) is 12.9. The number of carboxylic acids is 1. The van der Waals surface area contributed by atoms with E-state index in [9.17, 15) is 14.3 Å². The van der Waals surface area contributed by atoms with E-state index >= 15 is 0 Å². The largest absolute Gasteiger partial charge is 0.480 e. The summed E-state index contributed by atoms with van der Waals surface area (Å²) in [5, 5.41) is 13.9. The van der Waals surface area contributed by atoms with Crippen molar-refractivity contribution in [3.05, 3.63) is 60.4 Å². The van der Waals surface area contributed by atoms with Gasteiger partial charge in [-0.15, -0.1) is 0 Å². The molecule has 0 aliphatic heterocycles. The molecule has 2 aromatic carbocycles. The Balaban J connectivity index is 1.83. The summed E-state index contributed by atoms with van der Waals surface area (Å²) in [6.07, 6.45) is 0. The third-order valence-corrected chi connectivity index (χ3v) is 3.83. The number of fused-ring (bicyclic) bond motifs is 1. The Morgan fingerprint density at radius 1 is 1.16 bits per heavy atom. The molecule has 1 N–H and O–H groups in total. The Kier molecular flexibility index (Phi) is 3.53. The number of para-hydroxylation sites is 1. The maximum atomic E-state index is 13.4. The predicted molar refractivity (Wildman–Crippen MR) is 88.3 cm³/mol. The second-order valence-corrected chi connectivity index (χ2v) is 5.50. The molecule has 0 radical (unpaired) electrons. The first kappa shape index (κ1) is 15.1. The third-order valence-electron chi connectivity index (χ3n) is 3.83. The summed E-state index contributed by atoms with van der Waals surface area (Å²) in [4.78, 5) is 15.5. The molecule has 0 aliphatic carbocycles. The molecular weight excluding hydrogens is 325 g/mol. The van der Waals surface area contributed by atoms with Crippen LogP contribution >= 0.6 is 0 Å². The summed E-state index contributed by atoms with van der Waals surface area (Å²) < 4.78 is 20.3. The van der Waals surface area contributed by atoms with Crippen molar-refractivity contribution in [1.82, 2.24) is 14.7 Å². The Labute approximate surface area is 141 Å². The van der Waals surface area contributed by atoms with Crippen LogP contribution < -0.4 is 0 Å². The smallest absolute Gasteiger partial charge is 0.323 e. The van der Waals surface area contributed by atoms with Gasteiger partial charge in [-0.2, -0.15) is 4.98 Å². The van der Waals surface area contributed by atoms with Gasteiger partial charge in [0.05, 0.1) is 0 Å². The summed E-state index contributed by atoms with van der Waals surface area (Å²) in [6.45, 7) is -0.236. The van der Waals surface area contributed by atoms with E-state index in [4.69, 9.17) is 4.52 Å². The van der Waals surface area contributed by atoms with Crippen molar-refractivity contribution in [1.29, 1.82) is 0 Å². The summed E-state index contributed by atoms with van der Waals surface area (Å²) in [5.41, 5.74) is 1.74. The van der Waals surface area contributed by atoms with Crippen LogP contribution in [0.5, 0.6) is 0 Å². The van der Waals surface area contributed by atoms with Gasteiger partial charge < -0.3 is 14.2 Å². The summed E-state index contributed by atoms with van der Waals surface area (Å²) in [7, 11) is 0. The average Bonchev–Trinajstić information content (AvgIpc) is 3.20. The SMILES string of the molecule is O=C(O)Cn1c(-c2nc(-c3cccc(F)c3)no2)cc2ccccc21. The fraction of sp³-hybridized carbons (Fsp3) is 0.0556. The van der Waals surface area contributed by atoms with E-state index in [-0.39, 0.29) is 18.3 Å². The highest BCUT2D eigenvalue weighted by Gasteiger charge is 2.18. The zero-order valence-electron chi connectivity index (χ0n) is 12.9. The Morgan fingerprint density at radius 3 is 2.80 bits per heavy atom. The molecule has 0 amide bonds. The van der Waals surface area contributed by atoms with Crippen LogP contribution in [0.3, 0.4) is 0 Å². The second-order valence-electron chi connectivity index (χ2n) is 5.50. The van der Waals surface area contributed by atoms with E-state index in [0.717, 1.165) is 10.9 Å². The van der Waals surface area contributed by atoms with Crippen molar-refractivity contribution in [2.24, 2.45) is 0 Å². The summed E-state index contributed by atoms with van der Waals surface area (Å²) in [6, 6.07) is 15.1. The molecule has 0 saturated heterocycles. The molecule has 0 bridgehead atoms. The summed E-state index contributed by atoms with van der Waals surface area (Å²) in [5.74, 6) is -0.963. The van der Waals surface area contributed by atoms with Gasteiger partial charge in [0.2, 0.25) is 5.82 Å². The fourth-order valence-electron chi connectivity index (χ4n) is 2.77. The molecule has 0 unspecified atom stereocenters. The van der Waals surface area contributed by atoms with Gasteiger partial charge >= 0.3 is 5.97 Å². The van der Waals surface area contributed by atoms with Gasteiger partial charge in [0, 0.05) is 16.5 Å². The van der Waals surface area contributed by atoms with Gasteiger partial charge in [0.25, 0.3) is 5.89 Å². The van der Waals surface area contributed by atoms with Crippen LogP contribution in [0.1, 0.15) is 0 Å². The number of nitrogens with zero attached hydrogens (tertiary/aromatic N) is 3. The minimum Gasteiger partial charge on any atom is -0.480 e. The molecule has 0 atom stereocenters. The van der Waals surface area contributed by atoms with E-state index in [1.54, 1.807) is 22.8 Å². The number of rotatable bonds is 4. The molecular formula is C18H12FN3O3. The van der Waals surface area contributed by atoms with Gasteiger partial charge in [-0.25, -0.2) is 4.39 Å². The van der Waals surface area contributed by atoms with Gasteiger partial charge in [-0.3, -0.25) is 4.79 Å². The first-order valence-electron chi connectivity index (χ1n) is 7.52. The number of carbonyl (C=O) groups is 1. The number of benzene rings is 2. The Bertz CT molecular complexity index is 1080. The fourth-order valence-corrected chi connectivity index (χ4v) is 2.77. The lowest BCUT2D eigenvalue weighted by atomic mass is 10.2. The number of hydrogen-bond acceptors (Lipinski definition) is 4. The molecule has 0 fully saturated rings. The highest BCUT2D eigenvalue weighted by atomic mass is 19.1. The van der Waals surface area contributed by atoms with Gasteiger partial charge in [-0.1, -0.05) is 35.5 Å². The van der Waals surface area contributed by atoms with Crippen molar-refractivity contribution in [2.75, 3.05) is 0 Å². The lowest BCUT2D eigenvalue weighted by Gasteiger charge is -2.04. The number of aromatic nitrogens is 3. The molecule has 7 heteroatoms. The second kappa shape index (κ2) is 5.86. The van der Waals surface area contributed by atoms with Crippen molar-refractivity contribution >= 4 is 16.9 Å². The number of carboxylic acid groups (broad SMARTS) is 1.